The van der Waals surface area contributed by atoms with Gasteiger partial charge < -0.3 is 0 Å². The van der Waals surface area contributed by atoms with Crippen molar-refractivity contribution in [2.24, 2.45) is 0 Å². The van der Waals surface area contributed by atoms with Crippen LogP contribution in [0.25, 0.3) is 0 Å². The van der Waals surface area contributed by atoms with Crippen LogP contribution in [-0.2, 0) is 0 Å². The van der Waals surface area contributed by atoms with Crippen LogP contribution in [0.3, 0.4) is 0 Å². The quantitative estimate of drug-likeness (QED) is 0.417. The van der Waals surface area contributed by atoms with Crippen LogP contribution in [0.4, 0.5) is 28.7 Å². The van der Waals surface area contributed by atoms with Gasteiger partial charge in [0.25, 0.3) is 10.3 Å². The highest BCUT2D eigenvalue weighted by molar-refractivity contribution is 8.32. The van der Waals surface area contributed by atoms with Crippen molar-refractivity contribution in [3.8, 4) is 0 Å². The van der Waals surface area contributed by atoms with Gasteiger partial charge in [0.05, 0.1) is 0 Å². The first-order valence-electron chi connectivity index (χ1n) is 2.14. The zero-order valence-corrected chi connectivity index (χ0v) is 5.87. The molecule has 0 heterocycles. The molecule has 0 aromatic carbocycles. The van der Waals surface area contributed by atoms with Crippen LogP contribution in [-0.4, -0.2) is 11.0 Å². The zero-order chi connectivity index (χ0) is 9.52. The smallest absolute Gasteiger partial charge is 0.166 e. The Morgan fingerprint density at radius 1 is 1.00 bits per heavy atom. The summed E-state index contributed by atoms with van der Waals surface area (Å²) in [5.74, 6) is 0. The van der Waals surface area contributed by atoms with Crippen molar-refractivity contribution in [1.29, 1.82) is 0 Å². The van der Waals surface area contributed by atoms with Crippen LogP contribution in [0.1, 0.15) is 6.92 Å². The molecule has 0 aliphatic rings. The summed E-state index contributed by atoms with van der Waals surface area (Å²) in [4.78, 5) is -3.01. The molecule has 0 radical (unpaired) electrons. The monoisotopic (exact) mass is 204 g/mol. The van der Waals surface area contributed by atoms with Crippen molar-refractivity contribution in [1.82, 2.24) is 0 Å². The molecule has 8 heteroatoms. The highest BCUT2D eigenvalue weighted by Gasteiger charge is 2.47. The van der Waals surface area contributed by atoms with E-state index in [1.54, 1.807) is 0 Å². The fourth-order valence-electron chi connectivity index (χ4n) is 0.175. The van der Waals surface area contributed by atoms with Crippen LogP contribution < -0.4 is 0 Å². The maximum Gasteiger partial charge on any atom is 0.425 e. The van der Waals surface area contributed by atoms with E-state index < -0.39 is 21.3 Å². The van der Waals surface area contributed by atoms with E-state index in [4.69, 9.17) is 0 Å². The van der Waals surface area contributed by atoms with Gasteiger partial charge in [-0.3, -0.25) is 0 Å². The highest BCUT2D eigenvalue weighted by atomic mass is 32.4. The highest BCUT2D eigenvalue weighted by Crippen LogP contribution is 2.68. The second-order valence-corrected chi connectivity index (χ2v) is 3.64. The van der Waals surface area contributed by atoms with E-state index in [0.29, 0.717) is 0 Å². The summed E-state index contributed by atoms with van der Waals surface area (Å²) >= 11 is 0. The Hall–Kier alpha value is -0.270. The third kappa shape index (κ3) is 3.08. The van der Waals surface area contributed by atoms with E-state index in [9.17, 15) is 28.7 Å². The summed E-state index contributed by atoms with van der Waals surface area (Å²) < 4.78 is 78.9. The fourth-order valence-corrected chi connectivity index (χ4v) is 0.525. The number of hydrogen-bond donors (Lipinski definition) is 0. The molecule has 70 valence electrons. The van der Waals surface area contributed by atoms with E-state index >= 15 is 0 Å². The fraction of sp³-hybridized carbons (Fsp3) is 0.667. The molecule has 0 aromatic heterocycles. The second-order valence-electron chi connectivity index (χ2n) is 1.71. The van der Waals surface area contributed by atoms with Gasteiger partial charge in [0.1, 0.15) is 4.86 Å². The molecule has 11 heavy (non-hydrogen) atoms. The van der Waals surface area contributed by atoms with Crippen molar-refractivity contribution in [2.75, 3.05) is 0 Å². The summed E-state index contributed by atoms with van der Waals surface area (Å²) in [7, 11) is -8.33. The molecule has 0 saturated carbocycles. The molecule has 0 rings (SSSR count). The van der Waals surface area contributed by atoms with E-state index in [-0.39, 0.29) is 6.92 Å². The van der Waals surface area contributed by atoms with Crippen LogP contribution >= 0.6 is 10.3 Å². The molecule has 0 aliphatic carbocycles. The lowest BCUT2D eigenvalue weighted by Gasteiger charge is -2.17. The lowest BCUT2D eigenvalue weighted by atomic mass is 10.5. The van der Waals surface area contributed by atoms with Crippen molar-refractivity contribution in [3.05, 3.63) is 0 Å². The first-order valence-corrected chi connectivity index (χ1v) is 3.78. The van der Waals surface area contributed by atoms with Crippen molar-refractivity contribution >= 4 is 15.2 Å². The predicted molar refractivity (Wildman–Crippen MR) is 28.8 cm³/mol. The molecule has 0 unspecified atom stereocenters. The van der Waals surface area contributed by atoms with Crippen molar-refractivity contribution in [3.63, 3.8) is 0 Å². The van der Waals surface area contributed by atoms with Crippen molar-refractivity contribution < 1.29 is 28.7 Å². The zero-order valence-electron chi connectivity index (χ0n) is 5.05. The third-order valence-corrected chi connectivity index (χ3v) is 2.02. The maximum atomic E-state index is 11.3. The van der Waals surface area contributed by atoms with Crippen LogP contribution in [0.15, 0.2) is 0 Å². The minimum atomic E-state index is -8.33. The van der Waals surface area contributed by atoms with Gasteiger partial charge >= 0.3 is 6.18 Å². The largest absolute Gasteiger partial charge is 0.425 e. The molecule has 0 N–H and O–H groups in total. The lowest BCUT2D eigenvalue weighted by Crippen LogP contribution is -2.22. The summed E-state index contributed by atoms with van der Waals surface area (Å²) in [6, 6.07) is 0. The first kappa shape index (κ1) is 10.7. The molecule has 0 aliphatic heterocycles. The SMILES string of the molecule is CC(C(F)(F)F)=S(F)(F)(F)F. The van der Waals surface area contributed by atoms with Crippen LogP contribution in [0.2, 0.25) is 0 Å². The van der Waals surface area contributed by atoms with Gasteiger partial charge in [-0.2, -0.15) is 13.2 Å². The van der Waals surface area contributed by atoms with E-state index in [2.05, 4.69) is 0 Å². The Labute approximate surface area is 58.0 Å². The van der Waals surface area contributed by atoms with Gasteiger partial charge in [0.2, 0.25) is 0 Å². The predicted octanol–water partition coefficient (Wildman–Crippen LogP) is 3.62. The van der Waals surface area contributed by atoms with Gasteiger partial charge in [-0.1, -0.05) is 0 Å². The summed E-state index contributed by atoms with van der Waals surface area (Å²) in [6.45, 7) is -0.318. The van der Waals surface area contributed by atoms with Crippen LogP contribution in [0, 0.1) is 0 Å². The van der Waals surface area contributed by atoms with E-state index in [1.165, 1.54) is 0 Å². The summed E-state index contributed by atoms with van der Waals surface area (Å²) in [6.07, 6.45) is -5.63. The average Bonchev–Trinajstić information content (AvgIpc) is 1.56. The average molecular weight is 204 g/mol. The van der Waals surface area contributed by atoms with Gasteiger partial charge in [-0.15, -0.1) is 15.5 Å². The summed E-state index contributed by atoms with van der Waals surface area (Å²) in [5.41, 5.74) is 0. The number of rotatable bonds is 0. The summed E-state index contributed by atoms with van der Waals surface area (Å²) in [5, 5.41) is 0. The Kier molecular flexibility index (Phi) is 2.06. The minimum Gasteiger partial charge on any atom is -0.166 e. The first-order chi connectivity index (χ1) is 4.41. The van der Waals surface area contributed by atoms with Gasteiger partial charge in [-0.25, -0.2) is 0 Å². The molecule has 0 bridgehead atoms. The van der Waals surface area contributed by atoms with Crippen molar-refractivity contribution in [2.45, 2.75) is 13.1 Å². The molecule has 0 atom stereocenters. The molecule has 0 fully saturated rings. The molecule has 0 nitrogen and oxygen atoms in total. The Bertz CT molecular complexity index is 205. The molecular weight excluding hydrogens is 201 g/mol. The van der Waals surface area contributed by atoms with E-state index in [0.717, 1.165) is 0 Å². The van der Waals surface area contributed by atoms with Gasteiger partial charge in [0, 0.05) is 0 Å². The Balaban J connectivity index is 5.35. The topological polar surface area (TPSA) is 0 Å². The normalized spacial score (nSPS) is 17.3. The Morgan fingerprint density at radius 2 is 1.27 bits per heavy atom. The second kappa shape index (κ2) is 2.11. The minimum absolute atomic E-state index is 0.318. The molecule has 0 spiro atoms. The number of halogens is 7. The lowest BCUT2D eigenvalue weighted by molar-refractivity contribution is -0.0573. The third-order valence-electron chi connectivity index (χ3n) is 0.862. The maximum absolute atomic E-state index is 11.3. The molecular formula is C3H3F7S. The molecule has 0 aromatic rings. The van der Waals surface area contributed by atoms with Gasteiger partial charge in [0.15, 0.2) is 0 Å². The molecule has 0 amide bonds. The van der Waals surface area contributed by atoms with Gasteiger partial charge in [-0.05, 0) is 6.92 Å². The standard InChI is InChI=1S/C3H3F7S/c1-2(3(4,5)6)11(7,8,9)10/h1H3. The van der Waals surface area contributed by atoms with Crippen LogP contribution in [0.5, 0.6) is 0 Å². The number of hydrogen-bond acceptors (Lipinski definition) is 0. The number of alkyl halides is 3. The Morgan fingerprint density at radius 3 is 1.27 bits per heavy atom. The molecule has 0 saturated heterocycles. The van der Waals surface area contributed by atoms with E-state index in [1.807, 2.05) is 0 Å².